The molecule has 150 valence electrons. The van der Waals surface area contributed by atoms with Crippen molar-refractivity contribution in [1.82, 2.24) is 18.4 Å². The average Bonchev–Trinajstić information content (AvgIpc) is 2.69. The van der Waals surface area contributed by atoms with Crippen LogP contribution in [0, 0.1) is 0 Å². The molecule has 1 aromatic rings. The van der Waals surface area contributed by atoms with Crippen LogP contribution in [-0.4, -0.2) is 92.1 Å². The van der Waals surface area contributed by atoms with Crippen molar-refractivity contribution < 1.29 is 13.2 Å². The van der Waals surface area contributed by atoms with Crippen LogP contribution in [0.2, 0.25) is 0 Å². The highest BCUT2D eigenvalue weighted by Crippen LogP contribution is 2.21. The van der Waals surface area contributed by atoms with Crippen LogP contribution in [0.4, 0.5) is 0 Å². The highest BCUT2D eigenvalue weighted by atomic mass is 32.2. The second-order valence-corrected chi connectivity index (χ2v) is 9.43. The summed E-state index contributed by atoms with van der Waals surface area (Å²) in [6.07, 6.45) is 0.454. The number of nitrogens with zero attached hydrogens (tertiary/aromatic N) is 4. The summed E-state index contributed by atoms with van der Waals surface area (Å²) in [6, 6.07) is 10.0. The first kappa shape index (κ1) is 20.3. The lowest BCUT2D eigenvalue weighted by Crippen LogP contribution is -2.57. The van der Waals surface area contributed by atoms with E-state index < -0.39 is 10.2 Å². The Labute approximate surface area is 162 Å². The van der Waals surface area contributed by atoms with Gasteiger partial charge in [-0.15, -0.1) is 0 Å². The van der Waals surface area contributed by atoms with Gasteiger partial charge in [0.15, 0.2) is 0 Å². The first-order valence-corrected chi connectivity index (χ1v) is 11.0. The van der Waals surface area contributed by atoms with Crippen LogP contribution in [-0.2, 0) is 15.0 Å². The smallest absolute Gasteiger partial charge is 0.282 e. The van der Waals surface area contributed by atoms with Crippen molar-refractivity contribution in [3.05, 3.63) is 35.9 Å². The monoisotopic (exact) mass is 394 g/mol. The Bertz CT molecular complexity index is 725. The second-order valence-electron chi connectivity index (χ2n) is 7.51. The van der Waals surface area contributed by atoms with Gasteiger partial charge in [0.1, 0.15) is 0 Å². The fraction of sp³-hybridized carbons (Fsp3) is 0.632. The van der Waals surface area contributed by atoms with Crippen molar-refractivity contribution in [2.75, 3.05) is 59.4 Å². The summed E-state index contributed by atoms with van der Waals surface area (Å²) >= 11 is 0. The summed E-state index contributed by atoms with van der Waals surface area (Å²) in [5.41, 5.74) is 1.15. The number of piperazine rings is 2. The molecule has 2 fully saturated rings. The molecule has 1 aromatic carbocycles. The van der Waals surface area contributed by atoms with Gasteiger partial charge in [0.25, 0.3) is 10.2 Å². The van der Waals surface area contributed by atoms with Crippen molar-refractivity contribution in [2.24, 2.45) is 0 Å². The molecule has 2 saturated heterocycles. The van der Waals surface area contributed by atoms with Crippen molar-refractivity contribution in [1.29, 1.82) is 0 Å². The number of hydrogen-bond donors (Lipinski definition) is 0. The lowest BCUT2D eigenvalue weighted by molar-refractivity contribution is -0.132. The second kappa shape index (κ2) is 8.68. The number of hydrogen-bond acceptors (Lipinski definition) is 4. The third-order valence-corrected chi connectivity index (χ3v) is 7.59. The van der Waals surface area contributed by atoms with E-state index in [1.807, 2.05) is 37.4 Å². The molecule has 0 aliphatic carbocycles. The van der Waals surface area contributed by atoms with Crippen LogP contribution < -0.4 is 0 Å². The Morgan fingerprint density at radius 3 is 2.00 bits per heavy atom. The summed E-state index contributed by atoms with van der Waals surface area (Å²) < 4.78 is 28.7. The Morgan fingerprint density at radius 1 is 0.926 bits per heavy atom. The average molecular weight is 395 g/mol. The molecule has 3 rings (SSSR count). The van der Waals surface area contributed by atoms with Gasteiger partial charge >= 0.3 is 0 Å². The van der Waals surface area contributed by atoms with Gasteiger partial charge in [-0.1, -0.05) is 37.3 Å². The fourth-order valence-electron chi connectivity index (χ4n) is 3.64. The van der Waals surface area contributed by atoms with E-state index in [0.717, 1.165) is 18.7 Å². The zero-order valence-corrected chi connectivity index (χ0v) is 17.1. The van der Waals surface area contributed by atoms with Crippen molar-refractivity contribution in [2.45, 2.75) is 19.3 Å². The number of carbonyl (C=O) groups is 1. The molecule has 0 saturated carbocycles. The van der Waals surface area contributed by atoms with Gasteiger partial charge in [0.2, 0.25) is 5.91 Å². The maximum atomic E-state index is 12.8. The van der Waals surface area contributed by atoms with Crippen molar-refractivity contribution in [3.63, 3.8) is 0 Å². The van der Waals surface area contributed by atoms with Crippen LogP contribution in [0.1, 0.15) is 24.8 Å². The van der Waals surface area contributed by atoms with Crippen LogP contribution in [0.25, 0.3) is 0 Å². The quantitative estimate of drug-likeness (QED) is 0.742. The Morgan fingerprint density at radius 2 is 1.44 bits per heavy atom. The standard InChI is InChI=1S/C19H30N4O3S/c1-17(18-6-4-3-5-7-18)16-19(24)21-10-14-23(15-11-21)27(25,26)22-12-8-20(2)9-13-22/h3-7,17H,8-16H2,1-2H3/t17-/m0/s1. The van der Waals surface area contributed by atoms with Crippen LogP contribution in [0.5, 0.6) is 0 Å². The Kier molecular flexibility index (Phi) is 6.52. The maximum absolute atomic E-state index is 12.8. The third-order valence-electron chi connectivity index (χ3n) is 5.56. The van der Waals surface area contributed by atoms with Crippen LogP contribution in [0.15, 0.2) is 30.3 Å². The van der Waals surface area contributed by atoms with E-state index in [2.05, 4.69) is 11.8 Å². The first-order chi connectivity index (χ1) is 12.9. The van der Waals surface area contributed by atoms with E-state index >= 15 is 0 Å². The third kappa shape index (κ3) is 4.87. The molecule has 0 spiro atoms. The normalized spacial score (nSPS) is 21.9. The molecule has 2 aliphatic rings. The summed E-state index contributed by atoms with van der Waals surface area (Å²) in [4.78, 5) is 16.6. The lowest BCUT2D eigenvalue weighted by Gasteiger charge is -2.39. The molecule has 0 aromatic heterocycles. The van der Waals surface area contributed by atoms with Gasteiger partial charge in [-0.25, -0.2) is 0 Å². The zero-order valence-electron chi connectivity index (χ0n) is 16.2. The summed E-state index contributed by atoms with van der Waals surface area (Å²) in [6.45, 7) is 6.32. The zero-order chi connectivity index (χ0) is 19.4. The largest absolute Gasteiger partial charge is 0.340 e. The topological polar surface area (TPSA) is 64.2 Å². The number of carbonyl (C=O) groups excluding carboxylic acids is 1. The molecule has 8 heteroatoms. The van der Waals surface area contributed by atoms with Crippen molar-refractivity contribution >= 4 is 16.1 Å². The molecular weight excluding hydrogens is 364 g/mol. The molecule has 2 heterocycles. The Balaban J connectivity index is 1.51. The van der Waals surface area contributed by atoms with Gasteiger partial charge in [-0.05, 0) is 18.5 Å². The summed E-state index contributed by atoms with van der Waals surface area (Å²) in [5, 5.41) is 0. The minimum absolute atomic E-state index is 0.1000. The van der Waals surface area contributed by atoms with E-state index in [0.29, 0.717) is 45.7 Å². The molecule has 0 N–H and O–H groups in total. The highest BCUT2D eigenvalue weighted by Gasteiger charge is 2.34. The Hall–Kier alpha value is -1.48. The molecule has 2 aliphatic heterocycles. The summed E-state index contributed by atoms with van der Waals surface area (Å²) in [7, 11) is -1.42. The summed E-state index contributed by atoms with van der Waals surface area (Å²) in [5.74, 6) is 0.258. The molecule has 27 heavy (non-hydrogen) atoms. The molecule has 1 amide bonds. The van der Waals surface area contributed by atoms with Gasteiger partial charge in [0.05, 0.1) is 0 Å². The molecular formula is C19H30N4O3S. The van der Waals surface area contributed by atoms with E-state index in [4.69, 9.17) is 0 Å². The van der Waals surface area contributed by atoms with Crippen LogP contribution >= 0.6 is 0 Å². The molecule has 7 nitrogen and oxygen atoms in total. The lowest BCUT2D eigenvalue weighted by atomic mass is 9.97. The SMILES string of the molecule is C[C@@H](CC(=O)N1CCN(S(=O)(=O)N2CCN(C)CC2)CC1)c1ccccc1. The van der Waals surface area contributed by atoms with E-state index in [1.54, 1.807) is 9.21 Å². The van der Waals surface area contributed by atoms with Crippen LogP contribution in [0.3, 0.4) is 0 Å². The molecule has 0 unspecified atom stereocenters. The minimum Gasteiger partial charge on any atom is -0.340 e. The fourth-order valence-corrected chi connectivity index (χ4v) is 5.22. The minimum atomic E-state index is -3.42. The number of likely N-dealkylation sites (N-methyl/N-ethyl adjacent to an activating group) is 1. The van der Waals surface area contributed by atoms with E-state index in [9.17, 15) is 13.2 Å². The molecule has 0 bridgehead atoms. The predicted octanol–water partition coefficient (Wildman–Crippen LogP) is 0.817. The van der Waals surface area contributed by atoms with Gasteiger partial charge in [0, 0.05) is 58.8 Å². The van der Waals surface area contributed by atoms with E-state index in [-0.39, 0.29) is 11.8 Å². The van der Waals surface area contributed by atoms with E-state index in [1.165, 1.54) is 4.31 Å². The number of rotatable bonds is 5. The highest BCUT2D eigenvalue weighted by molar-refractivity contribution is 7.86. The van der Waals surface area contributed by atoms with Gasteiger partial charge < -0.3 is 9.80 Å². The first-order valence-electron chi connectivity index (χ1n) is 9.64. The number of amides is 1. The van der Waals surface area contributed by atoms with Gasteiger partial charge in [-0.3, -0.25) is 4.79 Å². The molecule has 0 radical (unpaired) electrons. The molecule has 1 atom stereocenters. The van der Waals surface area contributed by atoms with Crippen molar-refractivity contribution in [3.8, 4) is 0 Å². The predicted molar refractivity (Wildman–Crippen MR) is 106 cm³/mol. The van der Waals surface area contributed by atoms with Gasteiger partial charge in [-0.2, -0.15) is 17.0 Å². The maximum Gasteiger partial charge on any atom is 0.282 e. The number of benzene rings is 1.